The molecule has 2 amide bonds. The first-order chi connectivity index (χ1) is 12.2. The number of carbonyl (C=O) groups is 2. The second kappa shape index (κ2) is 8.16. The highest BCUT2D eigenvalue weighted by Crippen LogP contribution is 2.29. The molecule has 0 spiro atoms. The monoisotopic (exact) mass is 367 g/mol. The number of amides is 2. The minimum Gasteiger partial charge on any atom is -0.344 e. The van der Waals surface area contributed by atoms with Crippen LogP contribution in [0.4, 0.5) is 18.9 Å². The Bertz CT molecular complexity index is 729. The van der Waals surface area contributed by atoms with E-state index in [2.05, 4.69) is 16.9 Å². The molecule has 2 unspecified atom stereocenters. The Hall–Kier alpha value is -2.64. The van der Waals surface area contributed by atoms with E-state index in [9.17, 15) is 22.8 Å². The summed E-state index contributed by atoms with van der Waals surface area (Å²) in [6, 6.07) is 1.37. The van der Waals surface area contributed by atoms with Gasteiger partial charge < -0.3 is 10.6 Å². The molecule has 140 valence electrons. The highest BCUT2D eigenvalue weighted by Gasteiger charge is 2.45. The summed E-state index contributed by atoms with van der Waals surface area (Å²) in [6.45, 7) is 5.47. The van der Waals surface area contributed by atoms with E-state index in [1.807, 2.05) is 12.2 Å². The zero-order valence-corrected chi connectivity index (χ0v) is 14.3. The molecule has 2 rings (SSSR count). The summed E-state index contributed by atoms with van der Waals surface area (Å²) >= 11 is 0. The number of hydrogen-bond acceptors (Lipinski definition) is 3. The molecule has 26 heavy (non-hydrogen) atoms. The van der Waals surface area contributed by atoms with Gasteiger partial charge in [0.1, 0.15) is 12.0 Å². The zero-order valence-electron chi connectivity index (χ0n) is 14.3. The zero-order chi connectivity index (χ0) is 19.3. The Morgan fingerprint density at radius 3 is 2.73 bits per heavy atom. The normalized spacial score (nSPS) is 20.7. The van der Waals surface area contributed by atoms with Crippen molar-refractivity contribution in [1.29, 1.82) is 0 Å². The van der Waals surface area contributed by atoms with Crippen molar-refractivity contribution in [3.8, 4) is 0 Å². The average Bonchev–Trinajstić information content (AvgIpc) is 2.54. The van der Waals surface area contributed by atoms with Crippen LogP contribution in [0.25, 0.3) is 6.08 Å². The van der Waals surface area contributed by atoms with Gasteiger partial charge in [-0.1, -0.05) is 12.2 Å². The minimum atomic E-state index is -4.51. The van der Waals surface area contributed by atoms with Crippen molar-refractivity contribution in [1.82, 2.24) is 10.3 Å². The summed E-state index contributed by atoms with van der Waals surface area (Å²) in [5, 5.41) is 4.48. The second-order valence-electron chi connectivity index (χ2n) is 5.99. The van der Waals surface area contributed by atoms with Gasteiger partial charge in [0.25, 0.3) is 0 Å². The molecule has 2 heterocycles. The molecule has 0 saturated carbocycles. The fourth-order valence-electron chi connectivity index (χ4n) is 2.73. The maximum Gasteiger partial charge on any atom is 0.408 e. The van der Waals surface area contributed by atoms with Crippen LogP contribution < -0.4 is 10.6 Å². The van der Waals surface area contributed by atoms with Gasteiger partial charge in [0.2, 0.25) is 11.8 Å². The largest absolute Gasteiger partial charge is 0.408 e. The van der Waals surface area contributed by atoms with Crippen LogP contribution in [-0.4, -0.2) is 29.0 Å². The average molecular weight is 367 g/mol. The second-order valence-corrected chi connectivity index (χ2v) is 5.99. The van der Waals surface area contributed by atoms with Crippen molar-refractivity contribution >= 4 is 23.6 Å². The molecule has 2 N–H and O–H groups in total. The van der Waals surface area contributed by atoms with Crippen molar-refractivity contribution < 1.29 is 22.8 Å². The standard InChI is InChI=1S/C18H20F3N3O2/c1-3-5-11-9-13(10-12(22-11)6-4-2)23-16(25)14-7-8-15(18(19,20)21)24-17(14)26/h3-4,6,9-10,14-15H,1,5,7-8H2,2H3,(H,24,26)(H,22,23,25)/b6-4+. The van der Waals surface area contributed by atoms with E-state index >= 15 is 0 Å². The van der Waals surface area contributed by atoms with Crippen molar-refractivity contribution in [2.45, 2.75) is 38.4 Å². The van der Waals surface area contributed by atoms with Crippen molar-refractivity contribution in [3.63, 3.8) is 0 Å². The maximum atomic E-state index is 12.7. The van der Waals surface area contributed by atoms with Gasteiger partial charge in [0.05, 0.1) is 5.69 Å². The summed E-state index contributed by atoms with van der Waals surface area (Å²) < 4.78 is 38.1. The molecule has 0 radical (unpaired) electrons. The van der Waals surface area contributed by atoms with E-state index < -0.39 is 30.0 Å². The van der Waals surface area contributed by atoms with Gasteiger partial charge >= 0.3 is 6.18 Å². The molecule has 1 fully saturated rings. The van der Waals surface area contributed by atoms with E-state index in [0.717, 1.165) is 0 Å². The van der Waals surface area contributed by atoms with Gasteiger partial charge in [-0.3, -0.25) is 14.6 Å². The molecule has 0 aliphatic carbocycles. The number of piperidine rings is 1. The van der Waals surface area contributed by atoms with Gasteiger partial charge in [-0.05, 0) is 38.0 Å². The topological polar surface area (TPSA) is 71.1 Å². The van der Waals surface area contributed by atoms with E-state index in [-0.39, 0.29) is 12.8 Å². The summed E-state index contributed by atoms with van der Waals surface area (Å²) in [7, 11) is 0. The van der Waals surface area contributed by atoms with Crippen molar-refractivity contribution in [2.75, 3.05) is 5.32 Å². The number of halogens is 3. The number of nitrogens with one attached hydrogen (secondary N) is 2. The molecule has 8 heteroatoms. The Kier molecular flexibility index (Phi) is 6.18. The Labute approximate surface area is 149 Å². The Balaban J connectivity index is 2.12. The number of aromatic nitrogens is 1. The summed E-state index contributed by atoms with van der Waals surface area (Å²) in [4.78, 5) is 28.6. The predicted octanol–water partition coefficient (Wildman–Crippen LogP) is 3.24. The molecule has 1 aliphatic rings. The molecule has 1 aromatic heterocycles. The fourth-order valence-corrected chi connectivity index (χ4v) is 2.73. The lowest BCUT2D eigenvalue weighted by Gasteiger charge is -2.29. The van der Waals surface area contributed by atoms with Gasteiger partial charge in [-0.25, -0.2) is 0 Å². The molecular formula is C18H20F3N3O2. The number of pyridine rings is 1. The number of nitrogens with zero attached hydrogens (tertiary/aromatic N) is 1. The number of carbonyl (C=O) groups excluding carboxylic acids is 2. The number of anilines is 1. The van der Waals surface area contributed by atoms with Crippen LogP contribution in [0.3, 0.4) is 0 Å². The van der Waals surface area contributed by atoms with Crippen LogP contribution in [0, 0.1) is 5.92 Å². The molecule has 0 aromatic carbocycles. The molecule has 2 atom stereocenters. The van der Waals surface area contributed by atoms with E-state index in [1.54, 1.807) is 30.4 Å². The first kappa shape index (κ1) is 19.7. The predicted molar refractivity (Wildman–Crippen MR) is 92.2 cm³/mol. The highest BCUT2D eigenvalue weighted by atomic mass is 19.4. The third-order valence-corrected chi connectivity index (χ3v) is 3.95. The number of alkyl halides is 3. The Morgan fingerprint density at radius 2 is 2.15 bits per heavy atom. The Morgan fingerprint density at radius 1 is 1.42 bits per heavy atom. The molecular weight excluding hydrogens is 347 g/mol. The SMILES string of the molecule is C=CCc1cc(NC(=O)C2CCC(C(F)(F)F)NC2=O)cc(/C=C/C)n1. The third kappa shape index (κ3) is 4.93. The molecule has 1 saturated heterocycles. The summed E-state index contributed by atoms with van der Waals surface area (Å²) in [5.41, 5.74) is 1.73. The lowest BCUT2D eigenvalue weighted by Crippen LogP contribution is -2.53. The quantitative estimate of drug-likeness (QED) is 0.620. The van der Waals surface area contributed by atoms with E-state index in [4.69, 9.17) is 0 Å². The van der Waals surface area contributed by atoms with Crippen LogP contribution in [0.15, 0.2) is 30.9 Å². The van der Waals surface area contributed by atoms with Gasteiger partial charge in [-0.2, -0.15) is 13.2 Å². The number of rotatable bonds is 5. The van der Waals surface area contributed by atoms with Crippen LogP contribution >= 0.6 is 0 Å². The van der Waals surface area contributed by atoms with Crippen LogP contribution in [0.5, 0.6) is 0 Å². The summed E-state index contributed by atoms with van der Waals surface area (Å²) in [5.74, 6) is -2.70. The maximum absolute atomic E-state index is 12.7. The number of hydrogen-bond donors (Lipinski definition) is 2. The molecule has 1 aromatic rings. The van der Waals surface area contributed by atoms with E-state index in [1.165, 1.54) is 0 Å². The lowest BCUT2D eigenvalue weighted by atomic mass is 9.92. The lowest BCUT2D eigenvalue weighted by molar-refractivity contribution is -0.170. The highest BCUT2D eigenvalue weighted by molar-refractivity contribution is 6.07. The molecule has 5 nitrogen and oxygen atoms in total. The van der Waals surface area contributed by atoms with Gasteiger partial charge in [0.15, 0.2) is 0 Å². The first-order valence-corrected chi connectivity index (χ1v) is 8.17. The van der Waals surface area contributed by atoms with Crippen molar-refractivity contribution in [3.05, 3.63) is 42.3 Å². The van der Waals surface area contributed by atoms with Gasteiger partial charge in [-0.15, -0.1) is 6.58 Å². The molecule has 0 bridgehead atoms. The third-order valence-electron chi connectivity index (χ3n) is 3.95. The van der Waals surface area contributed by atoms with Crippen LogP contribution in [-0.2, 0) is 16.0 Å². The minimum absolute atomic E-state index is 0.159. The number of allylic oxidation sites excluding steroid dienone is 2. The first-order valence-electron chi connectivity index (χ1n) is 8.17. The fraction of sp³-hybridized carbons (Fsp3) is 0.389. The van der Waals surface area contributed by atoms with Crippen molar-refractivity contribution in [2.24, 2.45) is 5.92 Å². The smallest absolute Gasteiger partial charge is 0.344 e. The van der Waals surface area contributed by atoms with Gasteiger partial charge in [0, 0.05) is 17.8 Å². The van der Waals surface area contributed by atoms with E-state index in [0.29, 0.717) is 23.5 Å². The van der Waals surface area contributed by atoms with Crippen LogP contribution in [0.1, 0.15) is 31.2 Å². The van der Waals surface area contributed by atoms with Crippen LogP contribution in [0.2, 0.25) is 0 Å². The molecule has 1 aliphatic heterocycles. The summed E-state index contributed by atoms with van der Waals surface area (Å²) in [6.07, 6.45) is 0.707.